The van der Waals surface area contributed by atoms with Crippen LogP contribution in [0, 0.1) is 0 Å². The van der Waals surface area contributed by atoms with Crippen molar-refractivity contribution in [3.63, 3.8) is 0 Å². The Hall–Kier alpha value is -0.690. The van der Waals surface area contributed by atoms with Gasteiger partial charge in [-0.05, 0) is 29.9 Å². The van der Waals surface area contributed by atoms with Gasteiger partial charge < -0.3 is 4.90 Å². The number of fused-ring (bicyclic) bond motifs is 1. The molecule has 1 aromatic carbocycles. The fourth-order valence-corrected chi connectivity index (χ4v) is 2.85. The minimum absolute atomic E-state index is 0.498. The molecule has 1 nitrogen and oxygen atoms in total. The third kappa shape index (κ3) is 1.85. The quantitative estimate of drug-likeness (QED) is 0.699. The van der Waals surface area contributed by atoms with E-state index in [1.807, 2.05) is 0 Å². The fourth-order valence-electron chi connectivity index (χ4n) is 2.30. The Balaban J connectivity index is 2.54. The maximum Gasteiger partial charge on any atom is 0.0676 e. The van der Waals surface area contributed by atoms with E-state index in [1.165, 1.54) is 23.2 Å². The smallest absolute Gasteiger partial charge is 0.0676 e. The lowest BCUT2D eigenvalue weighted by molar-refractivity contribution is 0.740. The summed E-state index contributed by atoms with van der Waals surface area (Å²) in [5.41, 5.74) is 3.93. The van der Waals surface area contributed by atoms with Crippen LogP contribution in [0.5, 0.6) is 0 Å². The predicted molar refractivity (Wildman–Crippen MR) is 67.1 cm³/mol. The average Bonchev–Trinajstić information content (AvgIpc) is 2.17. The monoisotopic (exact) mass is 223 g/mol. The maximum absolute atomic E-state index is 6.47. The van der Waals surface area contributed by atoms with E-state index < -0.39 is 0 Å². The maximum atomic E-state index is 6.47. The van der Waals surface area contributed by atoms with Gasteiger partial charge in [0.05, 0.1) is 10.7 Å². The van der Waals surface area contributed by atoms with Gasteiger partial charge in [-0.1, -0.05) is 37.6 Å². The molecule has 0 unspecified atom stereocenters. The second kappa shape index (κ2) is 4.05. The van der Waals surface area contributed by atoms with Crippen molar-refractivity contribution in [2.24, 2.45) is 0 Å². The van der Waals surface area contributed by atoms with E-state index in [9.17, 15) is 0 Å². The molecule has 1 aromatic rings. The number of nitrogens with zero attached hydrogens (tertiary/aromatic N) is 1. The summed E-state index contributed by atoms with van der Waals surface area (Å²) in [6.45, 7) is 5.50. The Bertz CT molecular complexity index is 371. The molecule has 82 valence electrons. The highest BCUT2D eigenvalue weighted by molar-refractivity contribution is 6.34. The van der Waals surface area contributed by atoms with E-state index in [4.69, 9.17) is 11.6 Å². The molecule has 0 aliphatic carbocycles. The molecule has 0 fully saturated rings. The van der Waals surface area contributed by atoms with Crippen LogP contribution < -0.4 is 4.90 Å². The highest BCUT2D eigenvalue weighted by Gasteiger charge is 2.19. The van der Waals surface area contributed by atoms with Crippen LogP contribution in [0.15, 0.2) is 12.1 Å². The van der Waals surface area contributed by atoms with Crippen LogP contribution in [0.25, 0.3) is 0 Å². The summed E-state index contributed by atoms with van der Waals surface area (Å²) in [5, 5.41) is 0.963. The van der Waals surface area contributed by atoms with E-state index in [0.29, 0.717) is 5.92 Å². The van der Waals surface area contributed by atoms with Crippen LogP contribution >= 0.6 is 11.6 Å². The first-order valence-corrected chi connectivity index (χ1v) is 6.01. The molecule has 0 spiro atoms. The molecule has 0 N–H and O–H groups in total. The molecule has 0 bridgehead atoms. The van der Waals surface area contributed by atoms with Crippen molar-refractivity contribution < 1.29 is 0 Å². The van der Waals surface area contributed by atoms with Gasteiger partial charge >= 0.3 is 0 Å². The van der Waals surface area contributed by atoms with Gasteiger partial charge in [-0.2, -0.15) is 0 Å². The summed E-state index contributed by atoms with van der Waals surface area (Å²) < 4.78 is 0. The minimum Gasteiger partial charge on any atom is -0.373 e. The van der Waals surface area contributed by atoms with Crippen molar-refractivity contribution in [1.29, 1.82) is 0 Å². The first-order valence-electron chi connectivity index (χ1n) is 5.63. The number of rotatable bonds is 1. The van der Waals surface area contributed by atoms with Crippen LogP contribution in [-0.4, -0.2) is 13.6 Å². The molecule has 0 saturated heterocycles. The first kappa shape index (κ1) is 10.8. The highest BCUT2D eigenvalue weighted by Crippen LogP contribution is 2.38. The lowest BCUT2D eigenvalue weighted by Crippen LogP contribution is -2.25. The fraction of sp³-hybridized carbons (Fsp3) is 0.538. The third-order valence-electron chi connectivity index (χ3n) is 3.17. The molecule has 2 heteroatoms. The zero-order chi connectivity index (χ0) is 11.0. The van der Waals surface area contributed by atoms with E-state index >= 15 is 0 Å². The van der Waals surface area contributed by atoms with Gasteiger partial charge in [-0.25, -0.2) is 0 Å². The molecule has 1 aliphatic heterocycles. The van der Waals surface area contributed by atoms with Crippen molar-refractivity contribution in [3.05, 3.63) is 28.3 Å². The van der Waals surface area contributed by atoms with Crippen molar-refractivity contribution >= 4 is 17.3 Å². The number of aryl methyl sites for hydroxylation is 1. The van der Waals surface area contributed by atoms with Gasteiger partial charge in [0.1, 0.15) is 0 Å². The summed E-state index contributed by atoms with van der Waals surface area (Å²) in [6, 6.07) is 4.43. The van der Waals surface area contributed by atoms with Gasteiger partial charge in [0.2, 0.25) is 0 Å². The average molecular weight is 224 g/mol. The second-order valence-corrected chi connectivity index (χ2v) is 5.03. The Morgan fingerprint density at radius 2 is 2.07 bits per heavy atom. The van der Waals surface area contributed by atoms with Crippen LogP contribution in [0.4, 0.5) is 5.69 Å². The molecule has 15 heavy (non-hydrogen) atoms. The van der Waals surface area contributed by atoms with Crippen LogP contribution in [0.3, 0.4) is 0 Å². The van der Waals surface area contributed by atoms with E-state index in [0.717, 1.165) is 18.0 Å². The molecular formula is C13H18ClN. The van der Waals surface area contributed by atoms with Crippen molar-refractivity contribution in [1.82, 2.24) is 0 Å². The second-order valence-electron chi connectivity index (χ2n) is 4.66. The number of halogens is 1. The molecule has 2 rings (SSSR count). The lowest BCUT2D eigenvalue weighted by Gasteiger charge is -2.30. The Kier molecular flexibility index (Phi) is 2.92. The van der Waals surface area contributed by atoms with Crippen molar-refractivity contribution in [3.8, 4) is 0 Å². The normalized spacial score (nSPS) is 15.7. The summed E-state index contributed by atoms with van der Waals surface area (Å²) in [7, 11) is 2.13. The van der Waals surface area contributed by atoms with Crippen molar-refractivity contribution in [2.75, 3.05) is 18.5 Å². The van der Waals surface area contributed by atoms with Crippen molar-refractivity contribution in [2.45, 2.75) is 32.6 Å². The van der Waals surface area contributed by atoms with Gasteiger partial charge in [0.15, 0.2) is 0 Å². The van der Waals surface area contributed by atoms with E-state index in [1.54, 1.807) is 0 Å². The Morgan fingerprint density at radius 3 is 2.73 bits per heavy atom. The van der Waals surface area contributed by atoms with Gasteiger partial charge in [0, 0.05) is 13.6 Å². The molecular weight excluding hydrogens is 206 g/mol. The molecule has 1 heterocycles. The number of hydrogen-bond donors (Lipinski definition) is 0. The topological polar surface area (TPSA) is 3.24 Å². The molecule has 0 amide bonds. The zero-order valence-electron chi connectivity index (χ0n) is 9.68. The molecule has 0 aromatic heterocycles. The minimum atomic E-state index is 0.498. The van der Waals surface area contributed by atoms with E-state index in [-0.39, 0.29) is 0 Å². The van der Waals surface area contributed by atoms with Gasteiger partial charge in [-0.15, -0.1) is 0 Å². The highest BCUT2D eigenvalue weighted by atomic mass is 35.5. The number of hydrogen-bond acceptors (Lipinski definition) is 1. The summed E-state index contributed by atoms with van der Waals surface area (Å²) in [4.78, 5) is 2.28. The largest absolute Gasteiger partial charge is 0.373 e. The van der Waals surface area contributed by atoms with Crippen LogP contribution in [-0.2, 0) is 6.42 Å². The predicted octanol–water partition coefficient (Wildman–Crippen LogP) is 3.85. The van der Waals surface area contributed by atoms with Crippen LogP contribution in [0.2, 0.25) is 5.02 Å². The lowest BCUT2D eigenvalue weighted by atomic mass is 9.95. The Labute approximate surface area is 97.0 Å². The molecule has 0 saturated carbocycles. The number of benzene rings is 1. The third-order valence-corrected chi connectivity index (χ3v) is 3.57. The molecule has 0 atom stereocenters. The summed E-state index contributed by atoms with van der Waals surface area (Å²) in [6.07, 6.45) is 2.40. The van der Waals surface area contributed by atoms with Crippen LogP contribution in [0.1, 0.15) is 37.3 Å². The Morgan fingerprint density at radius 1 is 1.33 bits per heavy atom. The number of anilines is 1. The summed E-state index contributed by atoms with van der Waals surface area (Å²) >= 11 is 6.47. The SMILES string of the molecule is CC(C)c1ccc2c(c1Cl)N(C)CCC2. The first-order chi connectivity index (χ1) is 7.11. The zero-order valence-corrected chi connectivity index (χ0v) is 10.4. The molecule has 1 aliphatic rings. The van der Waals surface area contributed by atoms with Gasteiger partial charge in [0.25, 0.3) is 0 Å². The molecule has 0 radical (unpaired) electrons. The standard InChI is InChI=1S/C13H18ClN/c1-9(2)11-7-6-10-5-4-8-15(3)13(10)12(11)14/h6-7,9H,4-5,8H2,1-3H3. The summed E-state index contributed by atoms with van der Waals surface area (Å²) in [5.74, 6) is 0.498. The van der Waals surface area contributed by atoms with E-state index in [2.05, 4.69) is 37.9 Å². The van der Waals surface area contributed by atoms with Gasteiger partial charge in [-0.3, -0.25) is 0 Å².